The van der Waals surface area contributed by atoms with Crippen LogP contribution in [0.2, 0.25) is 0 Å². The molecule has 0 radical (unpaired) electrons. The summed E-state index contributed by atoms with van der Waals surface area (Å²) >= 11 is 0. The Labute approximate surface area is 83.5 Å². The lowest BCUT2D eigenvalue weighted by Crippen LogP contribution is -2.15. The molecule has 0 saturated heterocycles. The van der Waals surface area contributed by atoms with Crippen molar-refractivity contribution in [1.29, 1.82) is 0 Å². The highest BCUT2D eigenvalue weighted by Crippen LogP contribution is 2.22. The van der Waals surface area contributed by atoms with Crippen molar-refractivity contribution in [3.63, 3.8) is 0 Å². The predicted octanol–water partition coefficient (Wildman–Crippen LogP) is 0.774. The Kier molecular flexibility index (Phi) is 3.64. The van der Waals surface area contributed by atoms with Crippen molar-refractivity contribution in [2.24, 2.45) is 0 Å². The highest BCUT2D eigenvalue weighted by atomic mass is 16.5. The Hall–Kier alpha value is -1.36. The van der Waals surface area contributed by atoms with E-state index in [-0.39, 0.29) is 6.04 Å². The van der Waals surface area contributed by atoms with Gasteiger partial charge in [0.05, 0.1) is 26.5 Å². The summed E-state index contributed by atoms with van der Waals surface area (Å²) in [5.74, 6) is 0.945. The Morgan fingerprint density at radius 2 is 2.07 bits per heavy atom. The first-order valence-electron chi connectivity index (χ1n) is 4.35. The summed E-state index contributed by atoms with van der Waals surface area (Å²) in [6.45, 7) is 1.99. The molecule has 1 aromatic rings. The Morgan fingerprint density at radius 3 is 2.57 bits per heavy atom. The van der Waals surface area contributed by atoms with Gasteiger partial charge in [0.15, 0.2) is 0 Å². The van der Waals surface area contributed by atoms with E-state index in [4.69, 9.17) is 9.47 Å². The lowest BCUT2D eigenvalue weighted by Gasteiger charge is -2.13. The van der Waals surface area contributed by atoms with Gasteiger partial charge in [-0.2, -0.15) is 4.98 Å². The van der Waals surface area contributed by atoms with Gasteiger partial charge in [0, 0.05) is 0 Å². The molecule has 5 heteroatoms. The summed E-state index contributed by atoms with van der Waals surface area (Å²) in [6, 6.07) is 0.100. The fourth-order valence-corrected chi connectivity index (χ4v) is 1.05. The summed E-state index contributed by atoms with van der Waals surface area (Å²) in [4.78, 5) is 8.35. The first kappa shape index (κ1) is 10.7. The highest BCUT2D eigenvalue weighted by Gasteiger charge is 2.13. The average Bonchev–Trinajstić information content (AvgIpc) is 2.27. The van der Waals surface area contributed by atoms with Crippen molar-refractivity contribution in [2.75, 3.05) is 21.3 Å². The number of aromatic nitrogens is 2. The lowest BCUT2D eigenvalue weighted by molar-refractivity contribution is 0.352. The molecule has 0 fully saturated rings. The van der Waals surface area contributed by atoms with Crippen LogP contribution in [-0.4, -0.2) is 31.2 Å². The minimum absolute atomic E-state index is 0.100. The molecule has 1 unspecified atom stereocenters. The van der Waals surface area contributed by atoms with Crippen LogP contribution in [0.4, 0.5) is 0 Å². The molecule has 0 aliphatic rings. The summed E-state index contributed by atoms with van der Waals surface area (Å²) in [7, 11) is 4.97. The molecule has 78 valence electrons. The summed E-state index contributed by atoms with van der Waals surface area (Å²) in [6.07, 6.45) is 1.58. The van der Waals surface area contributed by atoms with Gasteiger partial charge in [-0.3, -0.25) is 0 Å². The van der Waals surface area contributed by atoms with Crippen molar-refractivity contribution < 1.29 is 9.47 Å². The Balaban J connectivity index is 3.04. The van der Waals surface area contributed by atoms with Gasteiger partial charge in [-0.05, 0) is 14.0 Å². The van der Waals surface area contributed by atoms with Crippen LogP contribution in [0.3, 0.4) is 0 Å². The van der Waals surface area contributed by atoms with Gasteiger partial charge < -0.3 is 14.8 Å². The Morgan fingerprint density at radius 1 is 1.36 bits per heavy atom. The molecule has 0 spiro atoms. The second-order valence-electron chi connectivity index (χ2n) is 2.82. The maximum atomic E-state index is 5.12. The van der Waals surface area contributed by atoms with E-state index >= 15 is 0 Å². The molecule has 1 atom stereocenters. The molecule has 0 aromatic carbocycles. The minimum atomic E-state index is 0.100. The zero-order valence-electron chi connectivity index (χ0n) is 8.87. The van der Waals surface area contributed by atoms with Crippen LogP contribution in [0.25, 0.3) is 0 Å². The van der Waals surface area contributed by atoms with E-state index in [0.29, 0.717) is 11.8 Å². The van der Waals surface area contributed by atoms with E-state index in [1.54, 1.807) is 20.4 Å². The summed E-state index contributed by atoms with van der Waals surface area (Å²) in [5, 5.41) is 3.07. The zero-order valence-corrected chi connectivity index (χ0v) is 8.87. The standard InChI is InChI=1S/C9H15N3O2/c1-6(10-2)8-9(14-4)12-7(13-3)5-11-8/h5-6,10H,1-4H3. The molecule has 0 aliphatic heterocycles. The number of nitrogens with zero attached hydrogens (tertiary/aromatic N) is 2. The van der Waals surface area contributed by atoms with Gasteiger partial charge in [-0.1, -0.05) is 0 Å². The van der Waals surface area contributed by atoms with E-state index in [9.17, 15) is 0 Å². The van der Waals surface area contributed by atoms with Crippen LogP contribution in [0.15, 0.2) is 6.20 Å². The number of hydrogen-bond donors (Lipinski definition) is 1. The van der Waals surface area contributed by atoms with Crippen molar-refractivity contribution in [1.82, 2.24) is 15.3 Å². The van der Waals surface area contributed by atoms with Gasteiger partial charge in [-0.15, -0.1) is 0 Å². The molecule has 1 aromatic heterocycles. The summed E-state index contributed by atoms with van der Waals surface area (Å²) in [5.41, 5.74) is 0.774. The molecule has 5 nitrogen and oxygen atoms in total. The molecular formula is C9H15N3O2. The maximum Gasteiger partial charge on any atom is 0.240 e. The van der Waals surface area contributed by atoms with Gasteiger partial charge in [0.1, 0.15) is 5.69 Å². The average molecular weight is 197 g/mol. The second-order valence-corrected chi connectivity index (χ2v) is 2.82. The van der Waals surface area contributed by atoms with Crippen LogP contribution < -0.4 is 14.8 Å². The van der Waals surface area contributed by atoms with Crippen LogP contribution >= 0.6 is 0 Å². The third-order valence-electron chi connectivity index (χ3n) is 1.99. The van der Waals surface area contributed by atoms with E-state index < -0.39 is 0 Å². The second kappa shape index (κ2) is 4.76. The normalized spacial score (nSPS) is 12.3. The van der Waals surface area contributed by atoms with Crippen molar-refractivity contribution in [2.45, 2.75) is 13.0 Å². The van der Waals surface area contributed by atoms with Crippen molar-refractivity contribution >= 4 is 0 Å². The monoisotopic (exact) mass is 197 g/mol. The topological polar surface area (TPSA) is 56.3 Å². The molecule has 14 heavy (non-hydrogen) atoms. The van der Waals surface area contributed by atoms with Crippen LogP contribution in [0, 0.1) is 0 Å². The maximum absolute atomic E-state index is 5.12. The molecule has 0 aliphatic carbocycles. The highest BCUT2D eigenvalue weighted by molar-refractivity contribution is 5.25. The molecule has 0 amide bonds. The summed E-state index contributed by atoms with van der Waals surface area (Å²) < 4.78 is 10.1. The molecule has 1 heterocycles. The smallest absolute Gasteiger partial charge is 0.240 e. The lowest BCUT2D eigenvalue weighted by atomic mass is 10.2. The van der Waals surface area contributed by atoms with Gasteiger partial charge in [-0.25, -0.2) is 4.98 Å². The largest absolute Gasteiger partial charge is 0.480 e. The number of methoxy groups -OCH3 is 2. The predicted molar refractivity (Wildman–Crippen MR) is 52.6 cm³/mol. The minimum Gasteiger partial charge on any atom is -0.480 e. The SMILES string of the molecule is CNC(C)c1ncc(OC)nc1OC. The van der Waals surface area contributed by atoms with E-state index in [0.717, 1.165) is 5.69 Å². The Bertz CT molecular complexity index is 304. The molecular weight excluding hydrogens is 182 g/mol. The fraction of sp³-hybridized carbons (Fsp3) is 0.556. The molecule has 1 rings (SSSR count). The number of nitrogens with one attached hydrogen (secondary N) is 1. The molecule has 0 saturated carbocycles. The quantitative estimate of drug-likeness (QED) is 0.772. The first-order valence-corrected chi connectivity index (χ1v) is 4.35. The number of rotatable bonds is 4. The molecule has 1 N–H and O–H groups in total. The van der Waals surface area contributed by atoms with Gasteiger partial charge in [0.25, 0.3) is 0 Å². The van der Waals surface area contributed by atoms with Crippen molar-refractivity contribution in [3.05, 3.63) is 11.9 Å². The fourth-order valence-electron chi connectivity index (χ4n) is 1.05. The van der Waals surface area contributed by atoms with Crippen LogP contribution in [-0.2, 0) is 0 Å². The zero-order chi connectivity index (χ0) is 10.6. The van der Waals surface area contributed by atoms with E-state index in [1.165, 1.54) is 0 Å². The van der Waals surface area contributed by atoms with Crippen LogP contribution in [0.5, 0.6) is 11.8 Å². The molecule has 0 bridgehead atoms. The third kappa shape index (κ3) is 2.11. The van der Waals surface area contributed by atoms with E-state index in [1.807, 2.05) is 14.0 Å². The van der Waals surface area contributed by atoms with Gasteiger partial charge in [0.2, 0.25) is 11.8 Å². The third-order valence-corrected chi connectivity index (χ3v) is 1.99. The van der Waals surface area contributed by atoms with Crippen molar-refractivity contribution in [3.8, 4) is 11.8 Å². The van der Waals surface area contributed by atoms with E-state index in [2.05, 4.69) is 15.3 Å². The number of hydrogen-bond acceptors (Lipinski definition) is 5. The van der Waals surface area contributed by atoms with Gasteiger partial charge >= 0.3 is 0 Å². The first-order chi connectivity index (χ1) is 6.72. The number of ether oxygens (including phenoxy) is 2. The van der Waals surface area contributed by atoms with Crippen LogP contribution in [0.1, 0.15) is 18.7 Å².